The molecule has 0 saturated heterocycles. The van der Waals surface area contributed by atoms with Crippen molar-refractivity contribution in [1.29, 1.82) is 10.5 Å². The Labute approximate surface area is 320 Å². The Balaban J connectivity index is 1.25. The van der Waals surface area contributed by atoms with E-state index in [2.05, 4.69) is 112 Å². The van der Waals surface area contributed by atoms with Crippen LogP contribution in [0.25, 0.3) is 98.9 Å². The summed E-state index contributed by atoms with van der Waals surface area (Å²) in [6.07, 6.45) is 5.17. The first kappa shape index (κ1) is 31.1. The molecule has 0 unspecified atom stereocenters. The van der Waals surface area contributed by atoms with E-state index in [1.807, 2.05) is 36.4 Å². The van der Waals surface area contributed by atoms with E-state index in [1.54, 1.807) is 0 Å². The molecule has 1 fully saturated rings. The summed E-state index contributed by atoms with van der Waals surface area (Å²) in [7, 11) is 0. The molecule has 4 aromatic heterocycles. The molecule has 0 N–H and O–H groups in total. The van der Waals surface area contributed by atoms with Gasteiger partial charge in [0.15, 0.2) is 0 Å². The summed E-state index contributed by atoms with van der Waals surface area (Å²) in [5.74, 6) is 0.0806. The molecular weight excluding hydrogens is 689 g/mol. The Hall–Kier alpha value is -7.28. The number of nitrogens with zero attached hydrogens (tertiary/aromatic N) is 4. The molecule has 6 heteroatoms. The van der Waals surface area contributed by atoms with Gasteiger partial charge in [0.05, 0.1) is 55.3 Å². The van der Waals surface area contributed by atoms with Crippen molar-refractivity contribution in [3.63, 3.8) is 0 Å². The van der Waals surface area contributed by atoms with Crippen LogP contribution in [0.15, 0.2) is 136 Å². The fraction of sp³-hybridized carbons (Fsp3) is 0.120. The minimum atomic E-state index is 0.0806. The molecule has 0 atom stereocenters. The van der Waals surface area contributed by atoms with E-state index in [0.717, 1.165) is 137 Å². The van der Waals surface area contributed by atoms with Gasteiger partial charge >= 0.3 is 0 Å². The van der Waals surface area contributed by atoms with Crippen LogP contribution in [0, 0.1) is 22.7 Å². The molecule has 12 rings (SSSR count). The van der Waals surface area contributed by atoms with Gasteiger partial charge in [-0.3, -0.25) is 0 Å². The second-order valence-corrected chi connectivity index (χ2v) is 15.2. The first-order valence-electron chi connectivity index (χ1n) is 19.4. The van der Waals surface area contributed by atoms with Gasteiger partial charge in [-0.2, -0.15) is 10.5 Å². The van der Waals surface area contributed by atoms with Crippen molar-refractivity contribution < 1.29 is 8.83 Å². The summed E-state index contributed by atoms with van der Waals surface area (Å²) in [5.41, 5.74) is 10.7. The number of hydrogen-bond donors (Lipinski definition) is 0. The lowest BCUT2D eigenvalue weighted by atomic mass is 9.79. The standard InChI is InChI=1S/C50H32N4O2/c51-27-36-42(53-38-18-8-4-16-34(38)47-40(53)24-22-32-30-14-6-10-20-44(30)55-49(32)47)26-43(37(28-52)46(36)29-12-2-1-3-13-29)54-39-19-9-5-17-35(39)48-41(54)25-23-33-31-15-7-11-21-45(31)56-50(33)48/h4-11,14-26,29H,1-3,12-13H2. The number of furan rings is 2. The monoisotopic (exact) mass is 720 g/mol. The molecule has 1 aliphatic rings. The highest BCUT2D eigenvalue weighted by molar-refractivity contribution is 6.25. The van der Waals surface area contributed by atoms with Crippen molar-refractivity contribution in [2.24, 2.45) is 0 Å². The van der Waals surface area contributed by atoms with Gasteiger partial charge in [-0.1, -0.05) is 92.1 Å². The number of aromatic nitrogens is 2. The molecule has 7 aromatic carbocycles. The fourth-order valence-corrected chi connectivity index (χ4v) is 10.1. The average molecular weight is 721 g/mol. The summed E-state index contributed by atoms with van der Waals surface area (Å²) >= 11 is 0. The molecule has 4 heterocycles. The fourth-order valence-electron chi connectivity index (χ4n) is 10.1. The van der Waals surface area contributed by atoms with E-state index in [9.17, 15) is 10.5 Å². The normalized spacial score (nSPS) is 14.0. The number of fused-ring (bicyclic) bond motifs is 14. The Morgan fingerprint density at radius 1 is 0.464 bits per heavy atom. The van der Waals surface area contributed by atoms with Crippen LogP contribution in [0.2, 0.25) is 0 Å². The molecule has 11 aromatic rings. The minimum absolute atomic E-state index is 0.0806. The van der Waals surface area contributed by atoms with E-state index in [1.165, 1.54) is 0 Å². The van der Waals surface area contributed by atoms with Gasteiger partial charge in [0.2, 0.25) is 0 Å². The highest BCUT2D eigenvalue weighted by Crippen LogP contribution is 2.47. The van der Waals surface area contributed by atoms with Gasteiger partial charge in [0.1, 0.15) is 34.5 Å². The van der Waals surface area contributed by atoms with Crippen molar-refractivity contribution >= 4 is 87.5 Å². The summed E-state index contributed by atoms with van der Waals surface area (Å²) < 4.78 is 17.7. The zero-order valence-electron chi connectivity index (χ0n) is 30.3. The van der Waals surface area contributed by atoms with Crippen LogP contribution in [0.4, 0.5) is 0 Å². The van der Waals surface area contributed by atoms with Crippen LogP contribution < -0.4 is 0 Å². The van der Waals surface area contributed by atoms with E-state index >= 15 is 0 Å². The predicted molar refractivity (Wildman–Crippen MR) is 225 cm³/mol. The summed E-state index contributed by atoms with van der Waals surface area (Å²) in [6, 6.07) is 49.2. The average Bonchev–Trinajstić information content (AvgIpc) is 4.00. The molecule has 0 aliphatic heterocycles. The number of para-hydroxylation sites is 4. The smallest absolute Gasteiger partial charge is 0.145 e. The predicted octanol–water partition coefficient (Wildman–Crippen LogP) is 13.5. The number of benzene rings is 7. The highest BCUT2D eigenvalue weighted by Gasteiger charge is 2.31. The number of nitriles is 2. The molecular formula is C50H32N4O2. The zero-order chi connectivity index (χ0) is 37.1. The molecule has 1 aliphatic carbocycles. The molecule has 0 bridgehead atoms. The Morgan fingerprint density at radius 2 is 0.911 bits per heavy atom. The third-order valence-corrected chi connectivity index (χ3v) is 12.4. The maximum Gasteiger partial charge on any atom is 0.145 e. The number of rotatable bonds is 3. The van der Waals surface area contributed by atoms with Crippen LogP contribution in [0.1, 0.15) is 54.7 Å². The summed E-state index contributed by atoms with van der Waals surface area (Å²) in [4.78, 5) is 0. The van der Waals surface area contributed by atoms with Crippen molar-refractivity contribution in [1.82, 2.24) is 9.13 Å². The first-order valence-corrected chi connectivity index (χ1v) is 19.4. The Morgan fingerprint density at radius 3 is 1.39 bits per heavy atom. The van der Waals surface area contributed by atoms with Crippen molar-refractivity contribution in [2.75, 3.05) is 0 Å². The van der Waals surface area contributed by atoms with E-state index in [-0.39, 0.29) is 5.92 Å². The van der Waals surface area contributed by atoms with E-state index < -0.39 is 0 Å². The highest BCUT2D eigenvalue weighted by atomic mass is 16.3. The maximum atomic E-state index is 11.3. The zero-order valence-corrected chi connectivity index (χ0v) is 30.3. The lowest BCUT2D eigenvalue weighted by Gasteiger charge is -2.27. The molecule has 0 amide bonds. The van der Waals surface area contributed by atoms with Gasteiger partial charge in [-0.05, 0) is 78.9 Å². The maximum absolute atomic E-state index is 11.3. The molecule has 6 nitrogen and oxygen atoms in total. The van der Waals surface area contributed by atoms with Gasteiger partial charge in [-0.25, -0.2) is 0 Å². The van der Waals surface area contributed by atoms with Crippen LogP contribution in [-0.2, 0) is 0 Å². The Bertz CT molecular complexity index is 3330. The van der Waals surface area contributed by atoms with Crippen LogP contribution in [0.5, 0.6) is 0 Å². The quantitative estimate of drug-likeness (QED) is 0.182. The van der Waals surface area contributed by atoms with Crippen LogP contribution in [-0.4, -0.2) is 9.13 Å². The summed E-state index contributed by atoms with van der Waals surface area (Å²) in [5, 5.41) is 31.0. The van der Waals surface area contributed by atoms with Crippen molar-refractivity contribution in [2.45, 2.75) is 38.0 Å². The SMILES string of the molecule is N#Cc1c(-n2c3ccccc3c3c4oc5ccccc5c4ccc32)cc(-n2c3ccccc3c3c4oc5ccccc5c4ccc32)c(C#N)c1C1CCCCC1. The third kappa shape index (κ3) is 4.08. The van der Waals surface area contributed by atoms with Gasteiger partial charge in [0, 0.05) is 32.3 Å². The molecule has 1 saturated carbocycles. The minimum Gasteiger partial charge on any atom is -0.455 e. The largest absolute Gasteiger partial charge is 0.455 e. The number of hydrogen-bond acceptors (Lipinski definition) is 4. The topological polar surface area (TPSA) is 83.7 Å². The van der Waals surface area contributed by atoms with Crippen molar-refractivity contribution in [3.05, 3.63) is 144 Å². The lowest BCUT2D eigenvalue weighted by Crippen LogP contribution is -2.14. The van der Waals surface area contributed by atoms with Crippen molar-refractivity contribution in [3.8, 4) is 23.5 Å². The molecule has 264 valence electrons. The Kier molecular flexibility index (Phi) is 6.45. The van der Waals surface area contributed by atoms with Crippen LogP contribution >= 0.6 is 0 Å². The molecule has 56 heavy (non-hydrogen) atoms. The lowest BCUT2D eigenvalue weighted by molar-refractivity contribution is 0.442. The summed E-state index contributed by atoms with van der Waals surface area (Å²) in [6.45, 7) is 0. The second-order valence-electron chi connectivity index (χ2n) is 15.2. The van der Waals surface area contributed by atoms with Crippen LogP contribution in [0.3, 0.4) is 0 Å². The second kappa shape index (κ2) is 11.6. The van der Waals surface area contributed by atoms with E-state index in [4.69, 9.17) is 8.83 Å². The molecule has 0 spiro atoms. The van der Waals surface area contributed by atoms with Gasteiger partial charge < -0.3 is 18.0 Å². The van der Waals surface area contributed by atoms with Gasteiger partial charge in [-0.15, -0.1) is 0 Å². The molecule has 0 radical (unpaired) electrons. The first-order chi connectivity index (χ1) is 27.7. The van der Waals surface area contributed by atoms with Gasteiger partial charge in [0.25, 0.3) is 0 Å². The third-order valence-electron chi connectivity index (χ3n) is 12.4. The van der Waals surface area contributed by atoms with E-state index in [0.29, 0.717) is 11.1 Å².